The molecule has 0 N–H and O–H groups in total. The maximum atomic E-state index is 12.6. The first kappa shape index (κ1) is 47.2. The molecule has 0 aromatic carbocycles. The van der Waals surface area contributed by atoms with Crippen LogP contribution in [-0.4, -0.2) is 70.7 Å². The Morgan fingerprint density at radius 2 is 1.18 bits per heavy atom. The van der Waals surface area contributed by atoms with Gasteiger partial charge in [0.1, 0.15) is 19.3 Å². The van der Waals surface area contributed by atoms with E-state index >= 15 is 0 Å². The van der Waals surface area contributed by atoms with E-state index in [-0.39, 0.29) is 32.2 Å². The predicted octanol–water partition coefficient (Wildman–Crippen LogP) is 9.97. The molecule has 0 rings (SSSR count). The lowest BCUT2D eigenvalue weighted by Crippen LogP contribution is -2.37. The SMILES string of the molecule is CC/C=C\C/C=C\C/C=C\C/C=C\CCCCC(=O)OC(COCCCCCCCC/C=C\CCCC)COP(=O)([O-])OCC[N+](C)(C)C. The minimum Gasteiger partial charge on any atom is -0.756 e. The fraction of sp³-hybridized carbons (Fsp3) is 0.725. The van der Waals surface area contributed by atoms with Crippen molar-refractivity contribution in [3.63, 3.8) is 0 Å². The van der Waals surface area contributed by atoms with Crippen LogP contribution in [0.15, 0.2) is 60.8 Å². The molecule has 0 aromatic heterocycles. The molecule has 0 spiro atoms. The minimum atomic E-state index is -4.53. The number of hydrogen-bond donors (Lipinski definition) is 0. The third kappa shape index (κ3) is 37.3. The van der Waals surface area contributed by atoms with Gasteiger partial charge in [-0.3, -0.25) is 9.36 Å². The fourth-order valence-electron chi connectivity index (χ4n) is 4.57. The Kier molecular flexibility index (Phi) is 32.1. The van der Waals surface area contributed by atoms with E-state index in [1.165, 1.54) is 38.5 Å². The van der Waals surface area contributed by atoms with Gasteiger partial charge in [0.25, 0.3) is 7.82 Å². The van der Waals surface area contributed by atoms with Gasteiger partial charge < -0.3 is 27.9 Å². The van der Waals surface area contributed by atoms with Crippen molar-refractivity contribution in [2.45, 2.75) is 136 Å². The second-order valence-electron chi connectivity index (χ2n) is 13.5. The lowest BCUT2D eigenvalue weighted by atomic mass is 10.1. The summed E-state index contributed by atoms with van der Waals surface area (Å²) in [6.07, 6.45) is 39.5. The van der Waals surface area contributed by atoms with Gasteiger partial charge in [-0.1, -0.05) is 113 Å². The summed E-state index contributed by atoms with van der Waals surface area (Å²) in [6.45, 7) is 5.16. The predicted molar refractivity (Wildman–Crippen MR) is 203 cm³/mol. The van der Waals surface area contributed by atoms with Crippen LogP contribution in [0.5, 0.6) is 0 Å². The van der Waals surface area contributed by atoms with Gasteiger partial charge in [0.05, 0.1) is 34.4 Å². The van der Waals surface area contributed by atoms with Gasteiger partial charge in [-0.05, 0) is 70.6 Å². The second-order valence-corrected chi connectivity index (χ2v) is 15.0. The van der Waals surface area contributed by atoms with Crippen LogP contribution in [0.3, 0.4) is 0 Å². The smallest absolute Gasteiger partial charge is 0.306 e. The van der Waals surface area contributed by atoms with Crippen molar-refractivity contribution < 1.29 is 37.3 Å². The van der Waals surface area contributed by atoms with Crippen LogP contribution in [-0.2, 0) is 27.9 Å². The Morgan fingerprint density at radius 1 is 0.653 bits per heavy atom. The van der Waals surface area contributed by atoms with Crippen molar-refractivity contribution in [1.82, 2.24) is 0 Å². The Labute approximate surface area is 300 Å². The molecule has 0 aliphatic carbocycles. The monoisotopic (exact) mass is 710 g/mol. The first-order valence-corrected chi connectivity index (χ1v) is 20.5. The number of phosphoric acid groups is 1. The van der Waals surface area contributed by atoms with Gasteiger partial charge in [-0.15, -0.1) is 0 Å². The summed E-state index contributed by atoms with van der Waals surface area (Å²) in [7, 11) is 1.31. The molecule has 0 saturated heterocycles. The first-order chi connectivity index (χ1) is 23.6. The highest BCUT2D eigenvalue weighted by Crippen LogP contribution is 2.38. The van der Waals surface area contributed by atoms with Crippen LogP contribution in [0.2, 0.25) is 0 Å². The maximum absolute atomic E-state index is 12.6. The number of nitrogens with zero attached hydrogens (tertiary/aromatic N) is 1. The highest BCUT2D eigenvalue weighted by molar-refractivity contribution is 7.45. The maximum Gasteiger partial charge on any atom is 0.306 e. The third-order valence-corrected chi connectivity index (χ3v) is 8.52. The van der Waals surface area contributed by atoms with E-state index < -0.39 is 13.9 Å². The van der Waals surface area contributed by atoms with Crippen molar-refractivity contribution >= 4 is 13.8 Å². The van der Waals surface area contributed by atoms with Crippen LogP contribution >= 0.6 is 7.82 Å². The Morgan fingerprint density at radius 3 is 1.80 bits per heavy atom. The van der Waals surface area contributed by atoms with Crippen molar-refractivity contribution in [2.75, 3.05) is 54.1 Å². The first-order valence-electron chi connectivity index (χ1n) is 19.0. The number of carbonyl (C=O) groups excluding carboxylic acids is 1. The van der Waals surface area contributed by atoms with E-state index in [2.05, 4.69) is 74.6 Å². The molecule has 0 aromatic rings. The average molecular weight is 710 g/mol. The third-order valence-electron chi connectivity index (χ3n) is 7.55. The molecule has 0 fully saturated rings. The van der Waals surface area contributed by atoms with E-state index in [9.17, 15) is 14.3 Å². The molecule has 284 valence electrons. The molecule has 2 unspecified atom stereocenters. The molecule has 0 aliphatic rings. The van der Waals surface area contributed by atoms with Gasteiger partial charge in [-0.2, -0.15) is 0 Å². The number of esters is 1. The number of carbonyl (C=O) groups is 1. The quantitative estimate of drug-likeness (QED) is 0.0216. The van der Waals surface area contributed by atoms with Gasteiger partial charge in [-0.25, -0.2) is 0 Å². The summed E-state index contributed by atoms with van der Waals surface area (Å²) in [5.74, 6) is -0.380. The summed E-state index contributed by atoms with van der Waals surface area (Å²) < 4.78 is 34.4. The molecule has 0 amide bonds. The number of unbranched alkanes of at least 4 members (excludes halogenated alkanes) is 10. The zero-order chi connectivity index (χ0) is 36.3. The lowest BCUT2D eigenvalue weighted by Gasteiger charge is -2.28. The number of hydrogen-bond acceptors (Lipinski definition) is 7. The van der Waals surface area contributed by atoms with E-state index in [4.69, 9.17) is 18.5 Å². The van der Waals surface area contributed by atoms with Crippen molar-refractivity contribution in [1.29, 1.82) is 0 Å². The summed E-state index contributed by atoms with van der Waals surface area (Å²) in [5, 5.41) is 0. The summed E-state index contributed by atoms with van der Waals surface area (Å²) in [5.41, 5.74) is 0. The summed E-state index contributed by atoms with van der Waals surface area (Å²) in [4.78, 5) is 24.9. The molecule has 0 radical (unpaired) electrons. The molecule has 0 saturated carbocycles. The zero-order valence-electron chi connectivity index (χ0n) is 31.9. The number of likely N-dealkylation sites (N-methyl/N-ethyl adjacent to an activating group) is 1. The highest BCUT2D eigenvalue weighted by Gasteiger charge is 2.20. The number of ether oxygens (including phenoxy) is 2. The molecule has 49 heavy (non-hydrogen) atoms. The molecule has 8 nitrogen and oxygen atoms in total. The Bertz CT molecular complexity index is 968. The molecular formula is C40H72NO7P. The van der Waals surface area contributed by atoms with Gasteiger partial charge in [0.2, 0.25) is 0 Å². The number of rotatable bonds is 34. The molecule has 0 bridgehead atoms. The van der Waals surface area contributed by atoms with E-state index in [0.29, 0.717) is 24.1 Å². The van der Waals surface area contributed by atoms with Gasteiger partial charge in [0.15, 0.2) is 0 Å². The molecule has 0 heterocycles. The topological polar surface area (TPSA) is 94.1 Å². The molecule has 9 heteroatoms. The van der Waals surface area contributed by atoms with E-state index in [0.717, 1.165) is 64.2 Å². The Hall–Kier alpha value is -1.80. The second kappa shape index (κ2) is 33.3. The molecule has 2 atom stereocenters. The number of phosphoric ester groups is 1. The minimum absolute atomic E-state index is 0.0141. The fourth-order valence-corrected chi connectivity index (χ4v) is 5.30. The summed E-state index contributed by atoms with van der Waals surface area (Å²) in [6, 6.07) is 0. The zero-order valence-corrected chi connectivity index (χ0v) is 32.8. The molecular weight excluding hydrogens is 637 g/mol. The van der Waals surface area contributed by atoms with Crippen LogP contribution in [0.4, 0.5) is 0 Å². The standard InChI is InChI=1S/C40H72NO7P/c1-6-8-10-12-14-16-18-20-21-22-23-25-27-29-31-33-40(42)48-39(38-47-49(43,44)46-36-34-41(3,4)5)37-45-35-32-30-28-26-24-19-17-15-13-11-9-7-2/h8,10,13-16,20-21,23,25,39H,6-7,9,11-12,17-19,22,24,26-38H2,1-5H3/b10-8-,15-13-,16-14-,21-20-,25-23-. The van der Waals surface area contributed by atoms with Crippen LogP contribution < -0.4 is 4.89 Å². The van der Waals surface area contributed by atoms with Gasteiger partial charge in [0, 0.05) is 13.0 Å². The van der Waals surface area contributed by atoms with Crippen LogP contribution in [0.1, 0.15) is 129 Å². The number of quaternary nitrogens is 1. The average Bonchev–Trinajstić information content (AvgIpc) is 3.04. The Balaban J connectivity index is 4.42. The van der Waals surface area contributed by atoms with Crippen molar-refractivity contribution in [2.24, 2.45) is 0 Å². The number of allylic oxidation sites excluding steroid dienone is 10. The highest BCUT2D eigenvalue weighted by atomic mass is 31.2. The normalized spacial score (nSPS) is 14.7. The molecule has 0 aliphatic heterocycles. The van der Waals surface area contributed by atoms with E-state index in [1.807, 2.05) is 21.1 Å². The summed E-state index contributed by atoms with van der Waals surface area (Å²) >= 11 is 0. The van der Waals surface area contributed by atoms with Crippen molar-refractivity contribution in [3.8, 4) is 0 Å². The van der Waals surface area contributed by atoms with Crippen molar-refractivity contribution in [3.05, 3.63) is 60.8 Å². The largest absolute Gasteiger partial charge is 0.756 e. The lowest BCUT2D eigenvalue weighted by molar-refractivity contribution is -0.870. The van der Waals surface area contributed by atoms with E-state index in [1.54, 1.807) is 0 Å². The van der Waals surface area contributed by atoms with Crippen LogP contribution in [0, 0.1) is 0 Å². The van der Waals surface area contributed by atoms with Gasteiger partial charge >= 0.3 is 5.97 Å². The van der Waals surface area contributed by atoms with Crippen LogP contribution in [0.25, 0.3) is 0 Å².